The summed E-state index contributed by atoms with van der Waals surface area (Å²) in [6.07, 6.45) is 6.42. The van der Waals surface area contributed by atoms with Gasteiger partial charge in [-0.1, -0.05) is 115 Å². The van der Waals surface area contributed by atoms with Crippen molar-refractivity contribution in [2.75, 3.05) is 7.11 Å². The zero-order valence-corrected chi connectivity index (χ0v) is 20.0. The first kappa shape index (κ1) is 23.7. The number of benzene rings is 3. The average molecular weight is 481 g/mol. The highest BCUT2D eigenvalue weighted by molar-refractivity contribution is 5.96. The lowest BCUT2D eigenvalue weighted by molar-refractivity contribution is -0.238. The number of amides is 2. The molecule has 2 unspecified atom stereocenters. The van der Waals surface area contributed by atoms with Crippen molar-refractivity contribution in [1.82, 2.24) is 10.0 Å². The van der Waals surface area contributed by atoms with E-state index in [9.17, 15) is 9.59 Å². The van der Waals surface area contributed by atoms with Crippen molar-refractivity contribution in [3.05, 3.63) is 120 Å². The summed E-state index contributed by atoms with van der Waals surface area (Å²) in [5, 5.41) is 3.01. The van der Waals surface area contributed by atoms with E-state index in [1.807, 2.05) is 115 Å². The predicted molar refractivity (Wildman–Crippen MR) is 138 cm³/mol. The van der Waals surface area contributed by atoms with Gasteiger partial charge in [-0.05, 0) is 16.7 Å². The van der Waals surface area contributed by atoms with E-state index in [-0.39, 0.29) is 11.8 Å². The molecular weight excluding hydrogens is 452 g/mol. The predicted octanol–water partition coefficient (Wildman–Crippen LogP) is 4.35. The molecule has 2 amide bonds. The van der Waals surface area contributed by atoms with E-state index >= 15 is 0 Å². The van der Waals surface area contributed by atoms with Gasteiger partial charge in [0.1, 0.15) is 12.1 Å². The summed E-state index contributed by atoms with van der Waals surface area (Å²) in [6, 6.07) is 28.6. The zero-order chi connectivity index (χ0) is 24.9. The van der Waals surface area contributed by atoms with Crippen molar-refractivity contribution in [1.29, 1.82) is 0 Å². The van der Waals surface area contributed by atoms with Gasteiger partial charge < -0.3 is 9.47 Å². The van der Waals surface area contributed by atoms with E-state index < -0.39 is 24.3 Å². The fourth-order valence-corrected chi connectivity index (χ4v) is 4.52. The van der Waals surface area contributed by atoms with Gasteiger partial charge in [-0.15, -0.1) is 0 Å². The lowest BCUT2D eigenvalue weighted by Gasteiger charge is -2.57. The lowest BCUT2D eigenvalue weighted by Crippen LogP contribution is -2.80. The van der Waals surface area contributed by atoms with E-state index in [1.54, 1.807) is 0 Å². The van der Waals surface area contributed by atoms with E-state index in [0.29, 0.717) is 6.61 Å². The quantitative estimate of drug-likeness (QED) is 0.428. The Hall–Kier alpha value is -4.00. The van der Waals surface area contributed by atoms with Crippen LogP contribution in [0.4, 0.5) is 0 Å². The Morgan fingerprint density at radius 2 is 1.11 bits per heavy atom. The van der Waals surface area contributed by atoms with Crippen molar-refractivity contribution >= 4 is 24.0 Å². The minimum atomic E-state index is -0.682. The zero-order valence-electron chi connectivity index (χ0n) is 20.0. The van der Waals surface area contributed by atoms with Crippen molar-refractivity contribution < 1.29 is 19.1 Å². The molecule has 0 saturated carbocycles. The number of carbonyl (C=O) groups excluding carboxylic acids is 2. The maximum absolute atomic E-state index is 13.3. The number of methoxy groups -OCH3 is 1. The molecule has 6 heteroatoms. The first-order valence-electron chi connectivity index (χ1n) is 12.0. The standard InChI is InChI=1S/C30H28N2O4/c1-35-27-25(19-17-22-11-5-2-6-12-22)31(29(27)33)32-26(20-18-23-13-7-3-8-14-23)28(30(32)34)36-21-24-15-9-4-10-16-24/h2-20,25-28H,21H2,1H3/b19-17+,20-18+/t25?,26-,27?,28+/m1/s1. The van der Waals surface area contributed by atoms with E-state index in [4.69, 9.17) is 9.47 Å². The second kappa shape index (κ2) is 10.7. The number of carbonyl (C=O) groups is 2. The van der Waals surface area contributed by atoms with E-state index in [0.717, 1.165) is 16.7 Å². The number of hydrazine groups is 1. The Bertz CT molecular complexity index is 1240. The van der Waals surface area contributed by atoms with E-state index in [1.165, 1.54) is 17.1 Å². The van der Waals surface area contributed by atoms with Crippen LogP contribution in [0.15, 0.2) is 103 Å². The molecule has 2 aliphatic rings. The molecule has 182 valence electrons. The van der Waals surface area contributed by atoms with Gasteiger partial charge in [-0.25, -0.2) is 10.0 Å². The number of hydrogen-bond donors (Lipinski definition) is 0. The first-order chi connectivity index (χ1) is 17.7. The Morgan fingerprint density at radius 3 is 1.61 bits per heavy atom. The Balaban J connectivity index is 1.38. The van der Waals surface area contributed by atoms with Crippen LogP contribution in [0.1, 0.15) is 16.7 Å². The second-order valence-corrected chi connectivity index (χ2v) is 8.76. The normalized spacial score (nSPS) is 23.8. The molecule has 0 N–H and O–H groups in total. The molecular formula is C30H28N2O4. The minimum absolute atomic E-state index is 0.241. The van der Waals surface area contributed by atoms with Crippen molar-refractivity contribution in [2.24, 2.45) is 0 Å². The maximum atomic E-state index is 13.3. The van der Waals surface area contributed by atoms with Gasteiger partial charge in [-0.3, -0.25) is 9.59 Å². The van der Waals surface area contributed by atoms with Gasteiger partial charge in [-0.2, -0.15) is 0 Å². The number of nitrogens with zero attached hydrogens (tertiary/aromatic N) is 2. The van der Waals surface area contributed by atoms with Gasteiger partial charge in [0.15, 0.2) is 12.2 Å². The summed E-state index contributed by atoms with van der Waals surface area (Å²) in [5.74, 6) is -0.483. The monoisotopic (exact) mass is 480 g/mol. The molecule has 4 atom stereocenters. The van der Waals surface area contributed by atoms with Crippen LogP contribution in [-0.2, 0) is 25.7 Å². The molecule has 5 rings (SSSR count). The molecule has 3 aromatic carbocycles. The molecule has 2 heterocycles. The first-order valence-corrected chi connectivity index (χ1v) is 12.0. The molecule has 6 nitrogen and oxygen atoms in total. The third-order valence-corrected chi connectivity index (χ3v) is 6.45. The SMILES string of the molecule is COC1C(=O)N(N2C(=O)[C@@H](OCc3ccccc3)[C@H]2/C=C/c2ccccc2)C1/C=C/c1ccccc1. The fraction of sp³-hybridized carbons (Fsp3) is 0.200. The second-order valence-electron chi connectivity index (χ2n) is 8.76. The topological polar surface area (TPSA) is 59.1 Å². The minimum Gasteiger partial charge on any atom is -0.369 e. The third kappa shape index (κ3) is 4.73. The van der Waals surface area contributed by atoms with Crippen molar-refractivity contribution in [2.45, 2.75) is 30.9 Å². The molecule has 3 aromatic rings. The van der Waals surface area contributed by atoms with Gasteiger partial charge in [0.05, 0.1) is 6.61 Å². The molecule has 0 bridgehead atoms. The van der Waals surface area contributed by atoms with Crippen LogP contribution in [0.25, 0.3) is 12.2 Å². The molecule has 2 saturated heterocycles. The number of ether oxygens (including phenoxy) is 2. The summed E-state index contributed by atoms with van der Waals surface area (Å²) in [4.78, 5) is 26.3. The molecule has 0 radical (unpaired) electrons. The number of hydrogen-bond acceptors (Lipinski definition) is 4. The molecule has 0 aromatic heterocycles. The summed E-state index contributed by atoms with van der Waals surface area (Å²) in [5.41, 5.74) is 2.99. The summed E-state index contributed by atoms with van der Waals surface area (Å²) >= 11 is 0. The van der Waals surface area contributed by atoms with Gasteiger partial charge in [0.2, 0.25) is 0 Å². The van der Waals surface area contributed by atoms with Crippen molar-refractivity contribution in [3.8, 4) is 0 Å². The van der Waals surface area contributed by atoms with Crippen molar-refractivity contribution in [3.63, 3.8) is 0 Å². The third-order valence-electron chi connectivity index (χ3n) is 6.45. The molecule has 2 fully saturated rings. The van der Waals surface area contributed by atoms with Crippen LogP contribution in [-0.4, -0.2) is 53.2 Å². The van der Waals surface area contributed by atoms with E-state index in [2.05, 4.69) is 0 Å². The van der Waals surface area contributed by atoms with Crippen LogP contribution in [0.2, 0.25) is 0 Å². The lowest BCUT2D eigenvalue weighted by atomic mass is 9.93. The Labute approximate surface area is 211 Å². The Morgan fingerprint density at radius 1 is 0.667 bits per heavy atom. The number of rotatable bonds is 9. The molecule has 2 aliphatic heterocycles. The average Bonchev–Trinajstić information content (AvgIpc) is 2.93. The summed E-state index contributed by atoms with van der Waals surface area (Å²) < 4.78 is 11.5. The highest BCUT2D eigenvalue weighted by Crippen LogP contribution is 2.36. The van der Waals surface area contributed by atoms with Gasteiger partial charge in [0, 0.05) is 7.11 Å². The van der Waals surface area contributed by atoms with Crippen LogP contribution in [0, 0.1) is 0 Å². The number of β-lactam (4-membered cyclic amide) rings is 2. The van der Waals surface area contributed by atoms with Crippen LogP contribution >= 0.6 is 0 Å². The Kier molecular flexibility index (Phi) is 7.07. The van der Waals surface area contributed by atoms with Crippen LogP contribution in [0.3, 0.4) is 0 Å². The fourth-order valence-electron chi connectivity index (χ4n) is 4.52. The maximum Gasteiger partial charge on any atom is 0.273 e. The smallest absolute Gasteiger partial charge is 0.273 e. The van der Waals surface area contributed by atoms with Crippen LogP contribution in [0.5, 0.6) is 0 Å². The molecule has 0 aliphatic carbocycles. The van der Waals surface area contributed by atoms with Gasteiger partial charge in [0.25, 0.3) is 11.8 Å². The highest BCUT2D eigenvalue weighted by Gasteiger charge is 2.59. The van der Waals surface area contributed by atoms with Crippen LogP contribution < -0.4 is 0 Å². The molecule has 36 heavy (non-hydrogen) atoms. The molecule has 0 spiro atoms. The van der Waals surface area contributed by atoms with Gasteiger partial charge >= 0.3 is 0 Å². The summed E-state index contributed by atoms with van der Waals surface area (Å²) in [6.45, 7) is 0.312. The summed E-state index contributed by atoms with van der Waals surface area (Å²) in [7, 11) is 1.51. The highest BCUT2D eigenvalue weighted by atomic mass is 16.5. The largest absolute Gasteiger partial charge is 0.369 e.